The first-order valence-corrected chi connectivity index (χ1v) is 9.33. The summed E-state index contributed by atoms with van der Waals surface area (Å²) < 4.78 is 1.30. The van der Waals surface area contributed by atoms with Crippen LogP contribution < -0.4 is 0 Å². The quantitative estimate of drug-likeness (QED) is 0.407. The van der Waals surface area contributed by atoms with Gasteiger partial charge in [0.15, 0.2) is 0 Å². The lowest BCUT2D eigenvalue weighted by Gasteiger charge is -2.06. The van der Waals surface area contributed by atoms with E-state index >= 15 is 0 Å². The molecule has 0 amide bonds. The van der Waals surface area contributed by atoms with Crippen molar-refractivity contribution >= 4 is 46.6 Å². The summed E-state index contributed by atoms with van der Waals surface area (Å²) in [5.41, 5.74) is 1.66. The van der Waals surface area contributed by atoms with Crippen molar-refractivity contribution in [2.75, 3.05) is 0 Å². The SMILES string of the molecule is Cc1nn(C(=O)c2ccc(Cl)cc2Cl)c(C)c1Sc1ccc([N+](=O)[O-])cc1. The van der Waals surface area contributed by atoms with Gasteiger partial charge in [-0.1, -0.05) is 35.0 Å². The van der Waals surface area contributed by atoms with E-state index in [1.165, 1.54) is 34.6 Å². The zero-order chi connectivity index (χ0) is 19.7. The van der Waals surface area contributed by atoms with E-state index in [0.717, 1.165) is 9.79 Å². The van der Waals surface area contributed by atoms with Gasteiger partial charge in [0, 0.05) is 22.1 Å². The van der Waals surface area contributed by atoms with Crippen LogP contribution >= 0.6 is 35.0 Å². The molecule has 3 rings (SSSR count). The minimum absolute atomic E-state index is 0.0241. The van der Waals surface area contributed by atoms with Crippen LogP contribution in [0.1, 0.15) is 21.7 Å². The molecule has 138 valence electrons. The van der Waals surface area contributed by atoms with Gasteiger partial charge in [-0.3, -0.25) is 14.9 Å². The Bertz CT molecular complexity index is 1050. The summed E-state index contributed by atoms with van der Waals surface area (Å²) in [6.07, 6.45) is 0. The third-order valence-electron chi connectivity index (χ3n) is 3.85. The molecule has 0 bridgehead atoms. The highest BCUT2D eigenvalue weighted by Gasteiger charge is 2.21. The number of aryl methyl sites for hydroxylation is 1. The summed E-state index contributed by atoms with van der Waals surface area (Å²) in [6.45, 7) is 3.59. The second-order valence-corrected chi connectivity index (χ2v) is 7.62. The first-order valence-electron chi connectivity index (χ1n) is 7.76. The highest BCUT2D eigenvalue weighted by atomic mass is 35.5. The molecule has 0 atom stereocenters. The van der Waals surface area contributed by atoms with Gasteiger partial charge in [0.1, 0.15) is 0 Å². The number of carbonyl (C=O) groups is 1. The van der Waals surface area contributed by atoms with Crippen LogP contribution in [-0.4, -0.2) is 20.6 Å². The van der Waals surface area contributed by atoms with Crippen molar-refractivity contribution in [1.29, 1.82) is 0 Å². The van der Waals surface area contributed by atoms with Crippen LogP contribution in [0, 0.1) is 24.0 Å². The van der Waals surface area contributed by atoms with Gasteiger partial charge in [-0.05, 0) is 44.2 Å². The second-order valence-electron chi connectivity index (χ2n) is 5.69. The first-order chi connectivity index (χ1) is 12.8. The number of non-ortho nitro benzene ring substituents is 1. The highest BCUT2D eigenvalue weighted by molar-refractivity contribution is 7.99. The van der Waals surface area contributed by atoms with Crippen LogP contribution in [0.15, 0.2) is 52.3 Å². The fraction of sp³-hybridized carbons (Fsp3) is 0.111. The van der Waals surface area contributed by atoms with Crippen molar-refractivity contribution in [3.8, 4) is 0 Å². The van der Waals surface area contributed by atoms with Crippen LogP contribution in [0.5, 0.6) is 0 Å². The first kappa shape index (κ1) is 19.4. The van der Waals surface area contributed by atoms with Gasteiger partial charge >= 0.3 is 0 Å². The Balaban J connectivity index is 1.92. The Morgan fingerprint density at radius 1 is 1.15 bits per heavy atom. The number of rotatable bonds is 4. The predicted octanol–water partition coefficient (Wildman–Crippen LogP) is 5.55. The summed E-state index contributed by atoms with van der Waals surface area (Å²) in [6, 6.07) is 10.9. The molecule has 27 heavy (non-hydrogen) atoms. The van der Waals surface area contributed by atoms with Crippen LogP contribution in [0.4, 0.5) is 5.69 Å². The summed E-state index contributed by atoms with van der Waals surface area (Å²) in [5.74, 6) is -0.354. The fourth-order valence-corrected chi connectivity index (χ4v) is 3.92. The van der Waals surface area contributed by atoms with Crippen molar-refractivity contribution in [2.24, 2.45) is 0 Å². The van der Waals surface area contributed by atoms with Crippen LogP contribution in [0.3, 0.4) is 0 Å². The van der Waals surface area contributed by atoms with Gasteiger partial charge < -0.3 is 0 Å². The molecule has 0 aliphatic carbocycles. The minimum Gasteiger partial charge on any atom is -0.267 e. The van der Waals surface area contributed by atoms with Crippen molar-refractivity contribution < 1.29 is 9.72 Å². The average molecular weight is 422 g/mol. The topological polar surface area (TPSA) is 78.0 Å². The lowest BCUT2D eigenvalue weighted by Crippen LogP contribution is -2.15. The Morgan fingerprint density at radius 3 is 2.41 bits per heavy atom. The van der Waals surface area contributed by atoms with Gasteiger partial charge in [0.25, 0.3) is 11.6 Å². The Morgan fingerprint density at radius 2 is 1.81 bits per heavy atom. The number of nitrogens with zero attached hydrogens (tertiary/aromatic N) is 3. The lowest BCUT2D eigenvalue weighted by molar-refractivity contribution is -0.384. The smallest absolute Gasteiger partial charge is 0.267 e. The maximum Gasteiger partial charge on any atom is 0.279 e. The van der Waals surface area contributed by atoms with Crippen molar-refractivity contribution in [2.45, 2.75) is 23.6 Å². The summed E-state index contributed by atoms with van der Waals surface area (Å²) in [4.78, 5) is 24.8. The van der Waals surface area contributed by atoms with E-state index in [4.69, 9.17) is 23.2 Å². The highest BCUT2D eigenvalue weighted by Crippen LogP contribution is 2.34. The number of aromatic nitrogens is 2. The molecule has 1 aromatic heterocycles. The molecule has 9 heteroatoms. The van der Waals surface area contributed by atoms with E-state index in [1.54, 1.807) is 38.1 Å². The van der Waals surface area contributed by atoms with Crippen LogP contribution in [0.25, 0.3) is 0 Å². The Kier molecular flexibility index (Phi) is 5.55. The maximum atomic E-state index is 12.8. The molecule has 1 heterocycles. The molecule has 0 radical (unpaired) electrons. The third-order valence-corrected chi connectivity index (χ3v) is 5.70. The molecule has 0 aliphatic rings. The Hall–Kier alpha value is -2.35. The molecule has 2 aromatic carbocycles. The number of benzene rings is 2. The third kappa shape index (κ3) is 4.00. The zero-order valence-electron chi connectivity index (χ0n) is 14.3. The Labute approximate surface area is 169 Å². The molecule has 0 saturated carbocycles. The predicted molar refractivity (Wildman–Crippen MR) is 105 cm³/mol. The summed E-state index contributed by atoms with van der Waals surface area (Å²) in [5, 5.41) is 15.8. The number of nitro benzene ring substituents is 1. The van der Waals surface area contributed by atoms with E-state index in [0.29, 0.717) is 22.0 Å². The molecular weight excluding hydrogens is 409 g/mol. The number of halogens is 2. The normalized spacial score (nSPS) is 10.8. The van der Waals surface area contributed by atoms with E-state index in [9.17, 15) is 14.9 Å². The number of nitro groups is 1. The summed E-state index contributed by atoms with van der Waals surface area (Å²) in [7, 11) is 0. The molecular formula is C18H13Cl2N3O3S. The maximum absolute atomic E-state index is 12.8. The molecule has 0 saturated heterocycles. The van der Waals surface area contributed by atoms with Crippen molar-refractivity contribution in [1.82, 2.24) is 9.78 Å². The molecule has 0 fully saturated rings. The number of hydrogen-bond donors (Lipinski definition) is 0. The zero-order valence-corrected chi connectivity index (χ0v) is 16.6. The van der Waals surface area contributed by atoms with Gasteiger partial charge in [-0.15, -0.1) is 0 Å². The monoisotopic (exact) mass is 421 g/mol. The van der Waals surface area contributed by atoms with Gasteiger partial charge in [0.2, 0.25) is 0 Å². The summed E-state index contributed by atoms with van der Waals surface area (Å²) >= 11 is 13.4. The van der Waals surface area contributed by atoms with Crippen molar-refractivity contribution in [3.05, 3.63) is 79.6 Å². The molecule has 6 nitrogen and oxygen atoms in total. The number of hydrogen-bond acceptors (Lipinski definition) is 5. The average Bonchev–Trinajstić information content (AvgIpc) is 2.90. The van der Waals surface area contributed by atoms with Crippen LogP contribution in [-0.2, 0) is 0 Å². The van der Waals surface area contributed by atoms with E-state index in [-0.39, 0.29) is 16.6 Å². The van der Waals surface area contributed by atoms with E-state index in [1.807, 2.05) is 0 Å². The van der Waals surface area contributed by atoms with E-state index in [2.05, 4.69) is 5.10 Å². The molecule has 3 aromatic rings. The molecule has 0 unspecified atom stereocenters. The van der Waals surface area contributed by atoms with Gasteiger partial charge in [-0.25, -0.2) is 0 Å². The fourth-order valence-electron chi connectivity index (χ4n) is 2.50. The van der Waals surface area contributed by atoms with Crippen LogP contribution in [0.2, 0.25) is 10.0 Å². The standard InChI is InChI=1S/C18H13Cl2N3O3S/c1-10-17(27-14-6-4-13(5-7-14)23(25)26)11(2)22(21-10)18(24)15-8-3-12(19)9-16(15)20/h3-9H,1-2H3. The minimum atomic E-state index is -0.447. The second kappa shape index (κ2) is 7.72. The van der Waals surface area contributed by atoms with Crippen molar-refractivity contribution in [3.63, 3.8) is 0 Å². The van der Waals surface area contributed by atoms with E-state index < -0.39 is 4.92 Å². The lowest BCUT2D eigenvalue weighted by atomic mass is 10.2. The molecule has 0 aliphatic heterocycles. The van der Waals surface area contributed by atoms with Gasteiger partial charge in [-0.2, -0.15) is 9.78 Å². The molecule has 0 N–H and O–H groups in total. The number of carbonyl (C=O) groups excluding carboxylic acids is 1. The molecule has 0 spiro atoms. The largest absolute Gasteiger partial charge is 0.279 e. The van der Waals surface area contributed by atoms with Gasteiger partial charge in [0.05, 0.1) is 31.8 Å².